The predicted octanol–water partition coefficient (Wildman–Crippen LogP) is 3.88. The highest BCUT2D eigenvalue weighted by molar-refractivity contribution is 5.24. The van der Waals surface area contributed by atoms with E-state index in [9.17, 15) is 5.11 Å². The highest BCUT2D eigenvalue weighted by atomic mass is 16.5. The molecular weight excluding hydrogens is 236 g/mol. The quantitative estimate of drug-likeness (QED) is 0.816. The summed E-state index contributed by atoms with van der Waals surface area (Å²) >= 11 is 0. The van der Waals surface area contributed by atoms with E-state index in [1.165, 1.54) is 44.1 Å². The maximum absolute atomic E-state index is 10.5. The van der Waals surface area contributed by atoms with Gasteiger partial charge in [0.05, 0.1) is 12.7 Å². The van der Waals surface area contributed by atoms with E-state index in [0.29, 0.717) is 5.92 Å². The van der Waals surface area contributed by atoms with Gasteiger partial charge in [0, 0.05) is 7.11 Å². The van der Waals surface area contributed by atoms with Crippen LogP contribution in [0.1, 0.15) is 55.8 Å². The number of aliphatic hydroxyl groups is 1. The molecule has 1 unspecified atom stereocenters. The molecule has 0 amide bonds. The molecule has 1 atom stereocenters. The lowest BCUT2D eigenvalue weighted by Crippen LogP contribution is -2.12. The second-order valence-corrected chi connectivity index (χ2v) is 5.68. The van der Waals surface area contributed by atoms with Gasteiger partial charge in [-0.2, -0.15) is 0 Å². The van der Waals surface area contributed by atoms with Gasteiger partial charge in [0.15, 0.2) is 0 Å². The average Bonchev–Trinajstić information content (AvgIpc) is 2.74. The third kappa shape index (κ3) is 4.32. The SMILES string of the molecule is COCCc1ccc(C(O)C2CCCCCC2)cc1. The van der Waals surface area contributed by atoms with Crippen molar-refractivity contribution in [2.75, 3.05) is 13.7 Å². The van der Waals surface area contributed by atoms with Gasteiger partial charge >= 0.3 is 0 Å². The molecule has 0 bridgehead atoms. The highest BCUT2D eigenvalue weighted by Crippen LogP contribution is 2.33. The van der Waals surface area contributed by atoms with Crippen LogP contribution in [0, 0.1) is 5.92 Å². The molecule has 106 valence electrons. The minimum Gasteiger partial charge on any atom is -0.388 e. The lowest BCUT2D eigenvalue weighted by Gasteiger charge is -2.21. The van der Waals surface area contributed by atoms with Crippen LogP contribution >= 0.6 is 0 Å². The van der Waals surface area contributed by atoms with Gasteiger partial charge in [0.1, 0.15) is 0 Å². The lowest BCUT2D eigenvalue weighted by molar-refractivity contribution is 0.0988. The monoisotopic (exact) mass is 262 g/mol. The van der Waals surface area contributed by atoms with Gasteiger partial charge in [0.25, 0.3) is 0 Å². The van der Waals surface area contributed by atoms with Gasteiger partial charge < -0.3 is 9.84 Å². The Kier molecular flexibility index (Phi) is 5.87. The number of hydrogen-bond acceptors (Lipinski definition) is 2. The summed E-state index contributed by atoms with van der Waals surface area (Å²) in [6.45, 7) is 0.754. The molecule has 2 rings (SSSR count). The molecule has 0 radical (unpaired) electrons. The third-order valence-corrected chi connectivity index (χ3v) is 4.26. The van der Waals surface area contributed by atoms with Gasteiger partial charge in [-0.25, -0.2) is 0 Å². The molecule has 1 N–H and O–H groups in total. The summed E-state index contributed by atoms with van der Waals surface area (Å²) in [6, 6.07) is 8.41. The molecule has 0 aromatic heterocycles. The molecule has 0 saturated heterocycles. The van der Waals surface area contributed by atoms with Gasteiger partial charge in [-0.1, -0.05) is 49.9 Å². The molecule has 1 fully saturated rings. The maximum atomic E-state index is 10.5. The van der Waals surface area contributed by atoms with Gasteiger partial charge in [0.2, 0.25) is 0 Å². The van der Waals surface area contributed by atoms with E-state index in [1.54, 1.807) is 7.11 Å². The summed E-state index contributed by atoms with van der Waals surface area (Å²) in [5.41, 5.74) is 2.35. The molecule has 1 aliphatic rings. The first kappa shape index (κ1) is 14.5. The van der Waals surface area contributed by atoms with Crippen LogP contribution in [0.5, 0.6) is 0 Å². The smallest absolute Gasteiger partial charge is 0.0818 e. The fourth-order valence-corrected chi connectivity index (χ4v) is 3.00. The number of methoxy groups -OCH3 is 1. The standard InChI is InChI=1S/C17H26O2/c1-19-13-12-14-8-10-16(11-9-14)17(18)15-6-4-2-3-5-7-15/h8-11,15,17-18H,2-7,12-13H2,1H3. The van der Waals surface area contributed by atoms with Crippen LogP contribution in [0.4, 0.5) is 0 Å². The molecule has 2 nitrogen and oxygen atoms in total. The largest absolute Gasteiger partial charge is 0.388 e. The minimum absolute atomic E-state index is 0.283. The molecule has 2 heteroatoms. The number of hydrogen-bond donors (Lipinski definition) is 1. The van der Waals surface area contributed by atoms with Crippen molar-refractivity contribution in [1.82, 2.24) is 0 Å². The molecule has 19 heavy (non-hydrogen) atoms. The lowest BCUT2D eigenvalue weighted by atomic mass is 9.89. The molecule has 0 aliphatic heterocycles. The summed E-state index contributed by atoms with van der Waals surface area (Å²) in [5, 5.41) is 10.5. The Hall–Kier alpha value is -0.860. The Labute approximate surface area is 116 Å². The fourth-order valence-electron chi connectivity index (χ4n) is 3.00. The predicted molar refractivity (Wildman–Crippen MR) is 78.2 cm³/mol. The van der Waals surface area contributed by atoms with Crippen molar-refractivity contribution in [3.63, 3.8) is 0 Å². The molecular formula is C17H26O2. The van der Waals surface area contributed by atoms with E-state index >= 15 is 0 Å². The molecule has 0 spiro atoms. The van der Waals surface area contributed by atoms with Gasteiger partial charge in [-0.3, -0.25) is 0 Å². The Balaban J connectivity index is 1.95. The van der Waals surface area contributed by atoms with Crippen LogP contribution in [0.25, 0.3) is 0 Å². The van der Waals surface area contributed by atoms with E-state index in [0.717, 1.165) is 18.6 Å². The van der Waals surface area contributed by atoms with Crippen molar-refractivity contribution in [2.24, 2.45) is 5.92 Å². The molecule has 1 aromatic carbocycles. The summed E-state index contributed by atoms with van der Waals surface area (Å²) in [4.78, 5) is 0. The normalized spacial score (nSPS) is 19.1. The summed E-state index contributed by atoms with van der Waals surface area (Å²) < 4.78 is 5.08. The van der Waals surface area contributed by atoms with Crippen molar-refractivity contribution < 1.29 is 9.84 Å². The Morgan fingerprint density at radius 2 is 1.74 bits per heavy atom. The topological polar surface area (TPSA) is 29.5 Å². The maximum Gasteiger partial charge on any atom is 0.0818 e. The first-order valence-electron chi connectivity index (χ1n) is 7.57. The van der Waals surface area contributed by atoms with Crippen LogP contribution < -0.4 is 0 Å². The Morgan fingerprint density at radius 1 is 1.11 bits per heavy atom. The Bertz CT molecular complexity index is 350. The first-order valence-corrected chi connectivity index (χ1v) is 7.57. The van der Waals surface area contributed by atoms with E-state index in [4.69, 9.17) is 4.74 Å². The van der Waals surface area contributed by atoms with E-state index < -0.39 is 0 Å². The van der Waals surface area contributed by atoms with Crippen LogP contribution in [0.2, 0.25) is 0 Å². The van der Waals surface area contributed by atoms with E-state index in [2.05, 4.69) is 24.3 Å². The number of benzene rings is 1. The van der Waals surface area contributed by atoms with Gasteiger partial charge in [-0.05, 0) is 36.3 Å². The van der Waals surface area contributed by atoms with Crippen molar-refractivity contribution in [2.45, 2.75) is 51.0 Å². The van der Waals surface area contributed by atoms with Crippen molar-refractivity contribution in [3.8, 4) is 0 Å². The van der Waals surface area contributed by atoms with Gasteiger partial charge in [-0.15, -0.1) is 0 Å². The average molecular weight is 262 g/mol. The molecule has 1 saturated carbocycles. The third-order valence-electron chi connectivity index (χ3n) is 4.26. The van der Waals surface area contributed by atoms with E-state index in [-0.39, 0.29) is 6.10 Å². The van der Waals surface area contributed by atoms with Crippen molar-refractivity contribution in [1.29, 1.82) is 0 Å². The van der Waals surface area contributed by atoms with Crippen LogP contribution in [0.3, 0.4) is 0 Å². The van der Waals surface area contributed by atoms with Crippen LogP contribution in [-0.2, 0) is 11.2 Å². The second-order valence-electron chi connectivity index (χ2n) is 5.68. The first-order chi connectivity index (χ1) is 9.31. The number of ether oxygens (including phenoxy) is 1. The summed E-state index contributed by atoms with van der Waals surface area (Å²) in [6.07, 6.45) is 8.21. The summed E-state index contributed by atoms with van der Waals surface area (Å²) in [5.74, 6) is 0.451. The van der Waals surface area contributed by atoms with Crippen LogP contribution in [-0.4, -0.2) is 18.8 Å². The zero-order chi connectivity index (χ0) is 13.5. The highest BCUT2D eigenvalue weighted by Gasteiger charge is 2.21. The number of rotatable bonds is 5. The molecule has 0 heterocycles. The van der Waals surface area contributed by atoms with Crippen molar-refractivity contribution >= 4 is 0 Å². The van der Waals surface area contributed by atoms with Crippen LogP contribution in [0.15, 0.2) is 24.3 Å². The second kappa shape index (κ2) is 7.66. The fraction of sp³-hybridized carbons (Fsp3) is 0.647. The Morgan fingerprint density at radius 3 is 2.32 bits per heavy atom. The zero-order valence-corrected chi connectivity index (χ0v) is 12.0. The zero-order valence-electron chi connectivity index (χ0n) is 12.0. The van der Waals surface area contributed by atoms with E-state index in [1.807, 2.05) is 0 Å². The molecule has 1 aliphatic carbocycles. The summed E-state index contributed by atoms with van der Waals surface area (Å²) in [7, 11) is 1.73. The minimum atomic E-state index is -0.283. The van der Waals surface area contributed by atoms with Crippen molar-refractivity contribution in [3.05, 3.63) is 35.4 Å². The number of aliphatic hydroxyl groups excluding tert-OH is 1. The molecule has 1 aromatic rings.